The fourth-order valence-electron chi connectivity index (χ4n) is 2.99. The van der Waals surface area contributed by atoms with E-state index in [1.165, 1.54) is 13.8 Å². The van der Waals surface area contributed by atoms with Crippen molar-refractivity contribution in [2.24, 2.45) is 5.92 Å². The van der Waals surface area contributed by atoms with Crippen molar-refractivity contribution in [3.63, 3.8) is 0 Å². The summed E-state index contributed by atoms with van der Waals surface area (Å²) in [4.78, 5) is 23.7. The summed E-state index contributed by atoms with van der Waals surface area (Å²) in [6, 6.07) is 0. The van der Waals surface area contributed by atoms with Gasteiger partial charge in [-0.2, -0.15) is 0 Å². The Labute approximate surface area is 125 Å². The predicted molar refractivity (Wildman–Crippen MR) is 73.6 cm³/mol. The van der Waals surface area contributed by atoms with E-state index >= 15 is 0 Å². The fourth-order valence-corrected chi connectivity index (χ4v) is 2.99. The second-order valence-corrected chi connectivity index (χ2v) is 6.63. The second-order valence-electron chi connectivity index (χ2n) is 6.63. The van der Waals surface area contributed by atoms with Gasteiger partial charge in [-0.1, -0.05) is 0 Å². The van der Waals surface area contributed by atoms with E-state index in [-0.39, 0.29) is 17.7 Å². The fraction of sp³-hybridized carbons (Fsp3) is 0.867. The first-order valence-electron chi connectivity index (χ1n) is 7.21. The van der Waals surface area contributed by atoms with E-state index in [1.807, 2.05) is 13.8 Å². The number of hydrogen-bond acceptors (Lipinski definition) is 6. The number of rotatable bonds is 4. The van der Waals surface area contributed by atoms with Gasteiger partial charge in [-0.05, 0) is 41.5 Å². The van der Waals surface area contributed by atoms with E-state index in [9.17, 15) is 9.59 Å². The summed E-state index contributed by atoms with van der Waals surface area (Å²) in [6.45, 7) is 10.3. The van der Waals surface area contributed by atoms with Crippen molar-refractivity contribution in [3.8, 4) is 0 Å². The average molecular weight is 300 g/mol. The Morgan fingerprint density at radius 3 is 1.95 bits per heavy atom. The van der Waals surface area contributed by atoms with Crippen LogP contribution in [0.1, 0.15) is 41.5 Å². The van der Waals surface area contributed by atoms with Crippen molar-refractivity contribution in [1.82, 2.24) is 0 Å². The highest BCUT2D eigenvalue weighted by molar-refractivity contribution is 6.01. The molecule has 0 spiro atoms. The lowest BCUT2D eigenvalue weighted by Gasteiger charge is -2.26. The number of ketones is 2. The molecular formula is C15H24O6. The molecule has 0 amide bonds. The van der Waals surface area contributed by atoms with Gasteiger partial charge in [0.2, 0.25) is 0 Å². The van der Waals surface area contributed by atoms with E-state index in [0.29, 0.717) is 6.61 Å². The van der Waals surface area contributed by atoms with Crippen LogP contribution in [-0.2, 0) is 28.5 Å². The Hall–Kier alpha value is -0.820. The molecule has 2 aliphatic rings. The SMILES string of the molecule is CC(=O)C(C(C)=O)[C@H]1OC(C)(C)O[C@H]1[C@H]1COC(C)(C)O1. The zero-order valence-corrected chi connectivity index (χ0v) is 13.5. The molecule has 2 aliphatic heterocycles. The summed E-state index contributed by atoms with van der Waals surface area (Å²) in [5, 5.41) is 0. The van der Waals surface area contributed by atoms with Crippen LogP contribution in [0.3, 0.4) is 0 Å². The van der Waals surface area contributed by atoms with Crippen molar-refractivity contribution in [3.05, 3.63) is 0 Å². The van der Waals surface area contributed by atoms with Crippen LogP contribution in [-0.4, -0.2) is 48.1 Å². The maximum atomic E-state index is 11.8. The zero-order valence-electron chi connectivity index (χ0n) is 13.5. The first-order chi connectivity index (χ1) is 9.52. The van der Waals surface area contributed by atoms with Crippen LogP contribution in [0.15, 0.2) is 0 Å². The summed E-state index contributed by atoms with van der Waals surface area (Å²) in [6.07, 6.45) is -1.54. The molecule has 120 valence electrons. The highest BCUT2D eigenvalue weighted by Crippen LogP contribution is 2.38. The van der Waals surface area contributed by atoms with E-state index in [2.05, 4.69) is 0 Å². The summed E-state index contributed by atoms with van der Waals surface area (Å²) in [7, 11) is 0. The summed E-state index contributed by atoms with van der Waals surface area (Å²) in [5.41, 5.74) is 0. The van der Waals surface area contributed by atoms with Crippen molar-refractivity contribution in [1.29, 1.82) is 0 Å². The third-order valence-corrected chi connectivity index (χ3v) is 3.76. The largest absolute Gasteiger partial charge is 0.348 e. The van der Waals surface area contributed by atoms with Gasteiger partial charge in [-0.25, -0.2) is 0 Å². The highest BCUT2D eigenvalue weighted by Gasteiger charge is 2.53. The molecule has 0 bridgehead atoms. The summed E-state index contributed by atoms with van der Waals surface area (Å²) in [5.74, 6) is -2.86. The lowest BCUT2D eigenvalue weighted by atomic mass is 9.89. The quantitative estimate of drug-likeness (QED) is 0.732. The van der Waals surface area contributed by atoms with Gasteiger partial charge in [0.1, 0.15) is 35.8 Å². The molecule has 0 aromatic carbocycles. The molecule has 0 aromatic rings. The monoisotopic (exact) mass is 300 g/mol. The minimum atomic E-state index is -0.866. The van der Waals surface area contributed by atoms with E-state index < -0.39 is 29.7 Å². The van der Waals surface area contributed by atoms with E-state index in [0.717, 1.165) is 0 Å². The molecule has 2 saturated heterocycles. The maximum absolute atomic E-state index is 11.8. The Balaban J connectivity index is 2.25. The third kappa shape index (κ3) is 3.51. The molecule has 6 heteroatoms. The van der Waals surface area contributed by atoms with Crippen molar-refractivity contribution in [2.75, 3.05) is 6.61 Å². The Morgan fingerprint density at radius 1 is 0.952 bits per heavy atom. The second kappa shape index (κ2) is 5.43. The van der Waals surface area contributed by atoms with Crippen molar-refractivity contribution < 1.29 is 28.5 Å². The van der Waals surface area contributed by atoms with E-state index in [4.69, 9.17) is 18.9 Å². The Kier molecular flexibility index (Phi) is 4.28. The van der Waals surface area contributed by atoms with E-state index in [1.54, 1.807) is 13.8 Å². The van der Waals surface area contributed by atoms with Crippen LogP contribution in [0.2, 0.25) is 0 Å². The van der Waals surface area contributed by atoms with Crippen molar-refractivity contribution >= 4 is 11.6 Å². The van der Waals surface area contributed by atoms with Crippen LogP contribution in [0, 0.1) is 5.92 Å². The zero-order chi connectivity index (χ0) is 16.0. The molecule has 6 nitrogen and oxygen atoms in total. The van der Waals surface area contributed by atoms with Gasteiger partial charge in [0, 0.05) is 0 Å². The van der Waals surface area contributed by atoms with Crippen LogP contribution in [0.25, 0.3) is 0 Å². The highest BCUT2D eigenvalue weighted by atomic mass is 16.8. The molecule has 21 heavy (non-hydrogen) atoms. The molecule has 0 aromatic heterocycles. The number of hydrogen-bond donors (Lipinski definition) is 0. The molecule has 3 atom stereocenters. The smallest absolute Gasteiger partial charge is 0.163 e. The lowest BCUT2D eigenvalue weighted by Crippen LogP contribution is -2.45. The third-order valence-electron chi connectivity index (χ3n) is 3.76. The predicted octanol–water partition coefficient (Wildman–Crippen LogP) is 1.45. The summed E-state index contributed by atoms with van der Waals surface area (Å²) < 4.78 is 23.1. The number of Topliss-reactive ketones (excluding diaryl/α,β-unsaturated/α-hetero) is 2. The number of ether oxygens (including phenoxy) is 4. The molecule has 2 rings (SSSR count). The van der Waals surface area contributed by atoms with Gasteiger partial charge in [-0.3, -0.25) is 9.59 Å². The minimum Gasteiger partial charge on any atom is -0.348 e. The minimum absolute atomic E-state index is 0.225. The molecule has 0 radical (unpaired) electrons. The first kappa shape index (κ1) is 16.5. The Bertz CT molecular complexity index is 427. The first-order valence-corrected chi connectivity index (χ1v) is 7.21. The van der Waals surface area contributed by atoms with Crippen molar-refractivity contribution in [2.45, 2.75) is 71.4 Å². The van der Waals surface area contributed by atoms with Gasteiger partial charge in [-0.15, -0.1) is 0 Å². The number of carbonyl (C=O) groups is 2. The summed E-state index contributed by atoms with van der Waals surface area (Å²) >= 11 is 0. The van der Waals surface area contributed by atoms with Gasteiger partial charge >= 0.3 is 0 Å². The van der Waals surface area contributed by atoms with Gasteiger partial charge in [0.25, 0.3) is 0 Å². The van der Waals surface area contributed by atoms with Crippen LogP contribution >= 0.6 is 0 Å². The molecule has 2 heterocycles. The molecule has 0 N–H and O–H groups in total. The standard InChI is InChI=1S/C15H24O6/c1-8(16)11(9(2)17)13-12(20-15(5,6)21-13)10-7-18-14(3,4)19-10/h10-13H,7H2,1-6H3/t10-,12+,13-/m1/s1. The van der Waals surface area contributed by atoms with Gasteiger partial charge in [0.05, 0.1) is 6.61 Å². The molecule has 0 saturated carbocycles. The molecule has 0 unspecified atom stereocenters. The van der Waals surface area contributed by atoms with Crippen LogP contribution in [0.5, 0.6) is 0 Å². The van der Waals surface area contributed by atoms with Crippen LogP contribution < -0.4 is 0 Å². The normalized spacial score (nSPS) is 34.3. The Morgan fingerprint density at radius 2 is 1.52 bits per heavy atom. The van der Waals surface area contributed by atoms with Gasteiger partial charge < -0.3 is 18.9 Å². The lowest BCUT2D eigenvalue weighted by molar-refractivity contribution is -0.175. The molecular weight excluding hydrogens is 276 g/mol. The van der Waals surface area contributed by atoms with Gasteiger partial charge in [0.15, 0.2) is 11.6 Å². The molecule has 2 fully saturated rings. The number of carbonyl (C=O) groups excluding carboxylic acids is 2. The van der Waals surface area contributed by atoms with Crippen LogP contribution in [0.4, 0.5) is 0 Å². The molecule has 0 aliphatic carbocycles. The average Bonchev–Trinajstić information content (AvgIpc) is 2.78. The maximum Gasteiger partial charge on any atom is 0.163 e. The topological polar surface area (TPSA) is 71.1 Å².